The number of methoxy groups -OCH3 is 1. The molecule has 2 heterocycles. The molecule has 0 N–H and O–H groups in total. The smallest absolute Gasteiger partial charge is 0.334 e. The number of piperazine rings is 1. The number of hydrogen-bond donors (Lipinski definition) is 0. The highest BCUT2D eigenvalue weighted by molar-refractivity contribution is 5.89. The van der Waals surface area contributed by atoms with Gasteiger partial charge in [-0.2, -0.15) is 0 Å². The fourth-order valence-corrected chi connectivity index (χ4v) is 4.03. The summed E-state index contributed by atoms with van der Waals surface area (Å²) in [6.07, 6.45) is 0. The number of benzene rings is 2. The van der Waals surface area contributed by atoms with E-state index in [-0.39, 0.29) is 18.3 Å². The first kappa shape index (κ1) is 21.7. The molecule has 2 unspecified atom stereocenters. The molecule has 0 radical (unpaired) electrons. The van der Waals surface area contributed by atoms with Gasteiger partial charge in [0.05, 0.1) is 23.8 Å². The maximum absolute atomic E-state index is 14.5. The predicted octanol–water partition coefficient (Wildman–Crippen LogP) is 2.57. The molecule has 2 aromatic rings. The minimum atomic E-state index is -0.684. The number of rotatable bonds is 6. The van der Waals surface area contributed by atoms with Crippen LogP contribution in [0.4, 0.5) is 15.8 Å². The lowest BCUT2D eigenvalue weighted by Crippen LogP contribution is -2.49. The van der Waals surface area contributed by atoms with Crippen molar-refractivity contribution in [2.75, 3.05) is 44.8 Å². The quantitative estimate of drug-likeness (QED) is 0.385. The third-order valence-electron chi connectivity index (χ3n) is 5.66. The van der Waals surface area contributed by atoms with Crippen LogP contribution in [0.15, 0.2) is 53.5 Å². The molecule has 2 atom stereocenters. The number of ether oxygens (including phenoxy) is 2. The summed E-state index contributed by atoms with van der Waals surface area (Å²) in [6, 6.07) is 12.5. The Labute approximate surface area is 184 Å². The molecule has 168 valence electrons. The van der Waals surface area contributed by atoms with Crippen LogP contribution in [0.2, 0.25) is 0 Å². The van der Waals surface area contributed by atoms with Crippen LogP contribution >= 0.6 is 0 Å². The lowest BCUT2D eigenvalue weighted by Gasteiger charge is -2.40. The largest absolute Gasteiger partial charge is 0.477 e. The molecule has 0 bridgehead atoms. The number of aliphatic imine (C=N–C) groups is 1. The highest BCUT2D eigenvalue weighted by Crippen LogP contribution is 2.30. The lowest BCUT2D eigenvalue weighted by molar-refractivity contribution is -0.385. The van der Waals surface area contributed by atoms with E-state index in [9.17, 15) is 19.3 Å². The SMILES string of the molecule is COC(=O)C1COC(C(c2ccccc2)N2CCN(c3ccc([N+](=O)[O-])cc3F)CC2)=N1. The van der Waals surface area contributed by atoms with Crippen molar-refractivity contribution in [3.8, 4) is 0 Å². The fourth-order valence-electron chi connectivity index (χ4n) is 4.03. The Kier molecular flexibility index (Phi) is 6.31. The van der Waals surface area contributed by atoms with E-state index < -0.39 is 22.8 Å². The van der Waals surface area contributed by atoms with Gasteiger partial charge in [0.25, 0.3) is 5.69 Å². The van der Waals surface area contributed by atoms with Gasteiger partial charge in [-0.1, -0.05) is 30.3 Å². The summed E-state index contributed by atoms with van der Waals surface area (Å²) in [4.78, 5) is 30.7. The van der Waals surface area contributed by atoms with Crippen molar-refractivity contribution in [1.82, 2.24) is 4.90 Å². The van der Waals surface area contributed by atoms with Crippen LogP contribution in [0.3, 0.4) is 0 Å². The van der Waals surface area contributed by atoms with E-state index in [1.165, 1.54) is 19.2 Å². The van der Waals surface area contributed by atoms with Crippen molar-refractivity contribution >= 4 is 23.2 Å². The maximum atomic E-state index is 14.5. The predicted molar refractivity (Wildman–Crippen MR) is 115 cm³/mol. The van der Waals surface area contributed by atoms with E-state index in [0.717, 1.165) is 11.6 Å². The Bertz CT molecular complexity index is 1020. The molecule has 4 rings (SSSR count). The average molecular weight is 442 g/mol. The number of carbonyl (C=O) groups is 1. The van der Waals surface area contributed by atoms with Gasteiger partial charge >= 0.3 is 5.97 Å². The summed E-state index contributed by atoms with van der Waals surface area (Å²) in [6.45, 7) is 2.35. The molecule has 9 nitrogen and oxygen atoms in total. The van der Waals surface area contributed by atoms with Crippen LogP contribution in [0, 0.1) is 15.9 Å². The molecule has 0 amide bonds. The van der Waals surface area contributed by atoms with Gasteiger partial charge in [-0.05, 0) is 11.6 Å². The van der Waals surface area contributed by atoms with E-state index in [0.29, 0.717) is 37.8 Å². The fraction of sp³-hybridized carbons (Fsp3) is 0.364. The second kappa shape index (κ2) is 9.31. The zero-order valence-electron chi connectivity index (χ0n) is 17.5. The van der Waals surface area contributed by atoms with E-state index in [1.54, 1.807) is 0 Å². The van der Waals surface area contributed by atoms with Crippen molar-refractivity contribution in [2.45, 2.75) is 12.1 Å². The minimum Gasteiger partial charge on any atom is -0.477 e. The van der Waals surface area contributed by atoms with Crippen molar-refractivity contribution in [3.05, 3.63) is 70.0 Å². The van der Waals surface area contributed by atoms with Crippen molar-refractivity contribution in [3.63, 3.8) is 0 Å². The summed E-state index contributed by atoms with van der Waals surface area (Å²) in [5.41, 5.74) is 1.05. The maximum Gasteiger partial charge on any atom is 0.334 e. The summed E-state index contributed by atoms with van der Waals surface area (Å²) in [5.74, 6) is -0.594. The number of non-ortho nitro benzene ring substituents is 1. The number of carbonyl (C=O) groups excluding carboxylic acids is 1. The molecule has 0 aliphatic carbocycles. The first-order valence-electron chi connectivity index (χ1n) is 10.2. The van der Waals surface area contributed by atoms with Gasteiger partial charge in [0, 0.05) is 32.2 Å². The molecular weight excluding hydrogens is 419 g/mol. The van der Waals surface area contributed by atoms with Crippen LogP contribution < -0.4 is 4.90 Å². The zero-order valence-corrected chi connectivity index (χ0v) is 17.5. The lowest BCUT2D eigenvalue weighted by atomic mass is 10.0. The second-order valence-corrected chi connectivity index (χ2v) is 7.55. The monoisotopic (exact) mass is 442 g/mol. The number of halogens is 1. The first-order chi connectivity index (χ1) is 15.5. The Hall–Kier alpha value is -3.53. The van der Waals surface area contributed by atoms with Crippen LogP contribution in [-0.2, 0) is 14.3 Å². The highest BCUT2D eigenvalue weighted by atomic mass is 19.1. The number of nitro benzene ring substituents is 1. The van der Waals surface area contributed by atoms with Gasteiger partial charge in [-0.25, -0.2) is 14.2 Å². The molecule has 2 aromatic carbocycles. The molecule has 1 saturated heterocycles. The van der Waals surface area contributed by atoms with Crippen LogP contribution in [-0.4, -0.2) is 67.6 Å². The Morgan fingerprint density at radius 3 is 2.56 bits per heavy atom. The molecule has 0 spiro atoms. The standard InChI is InChI=1S/C22H23FN4O5/c1-31-22(28)18-14-32-21(24-18)20(15-5-3-2-4-6-15)26-11-9-25(10-12-26)19-8-7-16(27(29)30)13-17(19)23/h2-8,13,18,20H,9-12,14H2,1H3. The van der Waals surface area contributed by atoms with Gasteiger partial charge in [-0.3, -0.25) is 15.0 Å². The molecule has 2 aliphatic rings. The highest BCUT2D eigenvalue weighted by Gasteiger charge is 2.36. The molecule has 0 saturated carbocycles. The number of nitro groups is 1. The van der Waals surface area contributed by atoms with Crippen molar-refractivity contribution in [1.29, 1.82) is 0 Å². The molecule has 32 heavy (non-hydrogen) atoms. The van der Waals surface area contributed by atoms with Gasteiger partial charge in [0.1, 0.15) is 12.6 Å². The first-order valence-corrected chi connectivity index (χ1v) is 10.2. The van der Waals surface area contributed by atoms with Crippen LogP contribution in [0.1, 0.15) is 11.6 Å². The van der Waals surface area contributed by atoms with E-state index >= 15 is 0 Å². The third-order valence-corrected chi connectivity index (χ3v) is 5.66. The number of esters is 1. The summed E-state index contributed by atoms with van der Waals surface area (Å²) >= 11 is 0. The van der Waals surface area contributed by atoms with E-state index in [1.807, 2.05) is 35.2 Å². The normalized spacial score (nSPS) is 19.8. The van der Waals surface area contributed by atoms with E-state index in [2.05, 4.69) is 9.89 Å². The zero-order chi connectivity index (χ0) is 22.7. The van der Waals surface area contributed by atoms with Gasteiger partial charge in [0.15, 0.2) is 11.9 Å². The summed E-state index contributed by atoms with van der Waals surface area (Å²) in [5, 5.41) is 10.9. The van der Waals surface area contributed by atoms with Gasteiger partial charge in [-0.15, -0.1) is 0 Å². The molecule has 0 aromatic heterocycles. The van der Waals surface area contributed by atoms with Crippen molar-refractivity contribution < 1.29 is 23.6 Å². The Morgan fingerprint density at radius 2 is 1.94 bits per heavy atom. The molecular formula is C22H23FN4O5. The molecule has 2 aliphatic heterocycles. The Balaban J connectivity index is 1.52. The topological polar surface area (TPSA) is 97.5 Å². The number of nitrogens with zero attached hydrogens (tertiary/aromatic N) is 4. The number of anilines is 1. The molecule has 1 fully saturated rings. The summed E-state index contributed by atoms with van der Waals surface area (Å²) < 4.78 is 25.1. The van der Waals surface area contributed by atoms with Crippen molar-refractivity contribution in [2.24, 2.45) is 4.99 Å². The Morgan fingerprint density at radius 1 is 1.22 bits per heavy atom. The second-order valence-electron chi connectivity index (χ2n) is 7.55. The molecule has 10 heteroatoms. The minimum absolute atomic E-state index is 0.138. The third kappa shape index (κ3) is 4.40. The average Bonchev–Trinajstić information content (AvgIpc) is 3.29. The van der Waals surface area contributed by atoms with E-state index in [4.69, 9.17) is 9.47 Å². The number of hydrogen-bond acceptors (Lipinski definition) is 8. The van der Waals surface area contributed by atoms with Crippen LogP contribution in [0.5, 0.6) is 0 Å². The van der Waals surface area contributed by atoms with Gasteiger partial charge < -0.3 is 14.4 Å². The summed E-state index contributed by atoms with van der Waals surface area (Å²) in [7, 11) is 1.32. The van der Waals surface area contributed by atoms with Gasteiger partial charge in [0.2, 0.25) is 5.90 Å². The van der Waals surface area contributed by atoms with Crippen LogP contribution in [0.25, 0.3) is 0 Å².